The van der Waals surface area contributed by atoms with E-state index in [1.807, 2.05) is 30.7 Å². The zero-order valence-electron chi connectivity index (χ0n) is 11.1. The van der Waals surface area contributed by atoms with Crippen molar-refractivity contribution in [3.63, 3.8) is 0 Å². The summed E-state index contributed by atoms with van der Waals surface area (Å²) >= 11 is 1.60. The number of halogens is 1. The Morgan fingerprint density at radius 2 is 2.16 bits per heavy atom. The van der Waals surface area contributed by atoms with Gasteiger partial charge in [-0.25, -0.2) is 4.39 Å². The zero-order valence-corrected chi connectivity index (χ0v) is 11.9. The largest absolute Gasteiger partial charge is 0.484 e. The molecule has 2 nitrogen and oxygen atoms in total. The molecule has 0 saturated heterocycles. The zero-order chi connectivity index (χ0) is 13.8. The van der Waals surface area contributed by atoms with Gasteiger partial charge in [-0.1, -0.05) is 13.0 Å². The summed E-state index contributed by atoms with van der Waals surface area (Å²) in [5, 5.41) is 4.02. The van der Waals surface area contributed by atoms with Crippen molar-refractivity contribution in [1.29, 1.82) is 0 Å². The first kappa shape index (κ1) is 14.0. The van der Waals surface area contributed by atoms with Crippen molar-refractivity contribution in [2.75, 3.05) is 0 Å². The van der Waals surface area contributed by atoms with Crippen LogP contribution in [0.15, 0.2) is 35.0 Å². The lowest BCUT2D eigenvalue weighted by Gasteiger charge is -2.24. The second-order valence-electron chi connectivity index (χ2n) is 4.58. The lowest BCUT2D eigenvalue weighted by atomic mass is 10.0. The average Bonchev–Trinajstić information content (AvgIpc) is 2.92. The van der Waals surface area contributed by atoms with Crippen LogP contribution in [0, 0.1) is 12.7 Å². The molecule has 1 heterocycles. The Hall–Kier alpha value is -1.39. The highest BCUT2D eigenvalue weighted by molar-refractivity contribution is 7.07. The van der Waals surface area contributed by atoms with Crippen LogP contribution in [0.5, 0.6) is 5.75 Å². The van der Waals surface area contributed by atoms with E-state index in [9.17, 15) is 4.39 Å². The second kappa shape index (κ2) is 6.17. The monoisotopic (exact) mass is 279 g/mol. The molecule has 0 spiro atoms. The molecule has 4 heteroatoms. The van der Waals surface area contributed by atoms with Crippen LogP contribution >= 0.6 is 11.3 Å². The minimum atomic E-state index is -0.297. The van der Waals surface area contributed by atoms with Gasteiger partial charge in [-0.05, 0) is 41.8 Å². The molecular formula is C15H18FNOS. The summed E-state index contributed by atoms with van der Waals surface area (Å²) in [6.07, 6.45) is 0.561. The van der Waals surface area contributed by atoms with Crippen LogP contribution in [0.25, 0.3) is 0 Å². The summed E-state index contributed by atoms with van der Waals surface area (Å²) < 4.78 is 19.3. The Bertz CT molecular complexity index is 527. The normalized spacial score (nSPS) is 14.1. The number of hydrogen-bond donors (Lipinski definition) is 1. The Morgan fingerprint density at radius 1 is 1.37 bits per heavy atom. The van der Waals surface area contributed by atoms with E-state index in [0.29, 0.717) is 5.75 Å². The molecule has 0 aliphatic carbocycles. The number of benzene rings is 1. The van der Waals surface area contributed by atoms with Crippen molar-refractivity contribution in [3.05, 3.63) is 52.0 Å². The number of ether oxygens (including phenoxy) is 1. The van der Waals surface area contributed by atoms with E-state index in [1.165, 1.54) is 12.1 Å². The molecule has 1 aromatic heterocycles. The molecule has 0 fully saturated rings. The van der Waals surface area contributed by atoms with Gasteiger partial charge in [-0.15, -0.1) is 0 Å². The van der Waals surface area contributed by atoms with Gasteiger partial charge in [-0.3, -0.25) is 0 Å². The quantitative estimate of drug-likeness (QED) is 0.896. The van der Waals surface area contributed by atoms with Crippen molar-refractivity contribution in [1.82, 2.24) is 0 Å². The van der Waals surface area contributed by atoms with Gasteiger partial charge in [0, 0.05) is 17.7 Å². The minimum Gasteiger partial charge on any atom is -0.484 e. The van der Waals surface area contributed by atoms with Crippen LogP contribution in [0.3, 0.4) is 0 Å². The molecule has 1 aromatic carbocycles. The van der Waals surface area contributed by atoms with Gasteiger partial charge in [-0.2, -0.15) is 11.3 Å². The highest BCUT2D eigenvalue weighted by Crippen LogP contribution is 2.29. The first-order valence-electron chi connectivity index (χ1n) is 6.32. The van der Waals surface area contributed by atoms with Crippen LogP contribution in [-0.2, 0) is 0 Å². The molecule has 19 heavy (non-hydrogen) atoms. The summed E-state index contributed by atoms with van der Waals surface area (Å²) in [6, 6.07) is 6.45. The smallest absolute Gasteiger partial charge is 0.140 e. The molecule has 2 aromatic rings. The van der Waals surface area contributed by atoms with E-state index < -0.39 is 0 Å². The maximum absolute atomic E-state index is 13.3. The maximum atomic E-state index is 13.3. The Morgan fingerprint density at radius 3 is 2.79 bits per heavy atom. The highest BCUT2D eigenvalue weighted by Gasteiger charge is 2.21. The second-order valence-corrected chi connectivity index (χ2v) is 5.36. The number of nitrogens with two attached hydrogens (primary N) is 1. The van der Waals surface area contributed by atoms with Gasteiger partial charge in [0.25, 0.3) is 0 Å². The number of aryl methyl sites for hydroxylation is 1. The molecule has 0 aliphatic rings. The predicted molar refractivity (Wildman–Crippen MR) is 77.1 cm³/mol. The molecule has 0 amide bonds. The van der Waals surface area contributed by atoms with E-state index in [2.05, 4.69) is 0 Å². The number of hydrogen-bond acceptors (Lipinski definition) is 3. The van der Waals surface area contributed by atoms with E-state index in [0.717, 1.165) is 17.5 Å². The summed E-state index contributed by atoms with van der Waals surface area (Å²) in [5.41, 5.74) is 8.08. The van der Waals surface area contributed by atoms with Gasteiger partial charge < -0.3 is 10.5 Å². The van der Waals surface area contributed by atoms with Gasteiger partial charge in [0.05, 0.1) is 0 Å². The van der Waals surface area contributed by atoms with Gasteiger partial charge in [0.1, 0.15) is 17.7 Å². The van der Waals surface area contributed by atoms with Crippen molar-refractivity contribution in [2.45, 2.75) is 32.4 Å². The molecule has 2 N–H and O–H groups in total. The fourth-order valence-corrected chi connectivity index (χ4v) is 2.58. The summed E-state index contributed by atoms with van der Waals surface area (Å²) in [6.45, 7) is 3.92. The predicted octanol–water partition coefficient (Wildman–Crippen LogP) is 4.05. The number of rotatable bonds is 5. The molecule has 2 unspecified atom stereocenters. The first-order chi connectivity index (χ1) is 9.11. The fraction of sp³-hybridized carbons (Fsp3) is 0.333. The molecule has 102 valence electrons. The summed E-state index contributed by atoms with van der Waals surface area (Å²) in [7, 11) is 0. The van der Waals surface area contributed by atoms with E-state index in [1.54, 1.807) is 17.4 Å². The summed E-state index contributed by atoms with van der Waals surface area (Å²) in [5.74, 6) is 0.259. The fourth-order valence-electron chi connectivity index (χ4n) is 1.89. The molecule has 0 radical (unpaired) electrons. The molecule has 0 aliphatic heterocycles. The van der Waals surface area contributed by atoms with Crippen molar-refractivity contribution in [3.8, 4) is 5.75 Å². The van der Waals surface area contributed by atoms with Crippen molar-refractivity contribution >= 4 is 11.3 Å². The first-order valence-corrected chi connectivity index (χ1v) is 7.26. The van der Waals surface area contributed by atoms with Gasteiger partial charge in [0.2, 0.25) is 0 Å². The molecular weight excluding hydrogens is 261 g/mol. The highest BCUT2D eigenvalue weighted by atomic mass is 32.1. The van der Waals surface area contributed by atoms with Gasteiger partial charge >= 0.3 is 0 Å². The number of thiophene rings is 1. The average molecular weight is 279 g/mol. The minimum absolute atomic E-state index is 0.114. The standard InChI is InChI=1S/C15H18FNOS/c1-3-13(17)15(11-6-7-19-9-11)18-14-8-12(16)5-4-10(14)2/h4-9,13,15H,3,17H2,1-2H3. The van der Waals surface area contributed by atoms with Crippen molar-refractivity contribution < 1.29 is 9.13 Å². The van der Waals surface area contributed by atoms with Crippen LogP contribution in [0.1, 0.15) is 30.6 Å². The van der Waals surface area contributed by atoms with E-state index in [4.69, 9.17) is 10.5 Å². The summed E-state index contributed by atoms with van der Waals surface area (Å²) in [4.78, 5) is 0. The Labute approximate surface area is 117 Å². The molecule has 2 rings (SSSR count). The maximum Gasteiger partial charge on any atom is 0.140 e. The molecule has 0 bridgehead atoms. The Kier molecular flexibility index (Phi) is 4.56. The van der Waals surface area contributed by atoms with Crippen LogP contribution in [0.4, 0.5) is 4.39 Å². The molecule has 0 saturated carbocycles. The van der Waals surface area contributed by atoms with Gasteiger partial charge in [0.15, 0.2) is 0 Å². The third-order valence-electron chi connectivity index (χ3n) is 3.14. The lowest BCUT2D eigenvalue weighted by molar-refractivity contribution is 0.169. The Balaban J connectivity index is 2.28. The van der Waals surface area contributed by atoms with Crippen LogP contribution in [-0.4, -0.2) is 6.04 Å². The van der Waals surface area contributed by atoms with E-state index in [-0.39, 0.29) is 18.0 Å². The lowest BCUT2D eigenvalue weighted by Crippen LogP contribution is -2.31. The third kappa shape index (κ3) is 3.33. The SMILES string of the molecule is CCC(N)C(Oc1cc(F)ccc1C)c1ccsc1. The van der Waals surface area contributed by atoms with E-state index >= 15 is 0 Å². The van der Waals surface area contributed by atoms with Crippen LogP contribution in [0.2, 0.25) is 0 Å². The topological polar surface area (TPSA) is 35.2 Å². The van der Waals surface area contributed by atoms with Crippen LogP contribution < -0.4 is 10.5 Å². The third-order valence-corrected chi connectivity index (χ3v) is 3.84. The van der Waals surface area contributed by atoms with Crippen molar-refractivity contribution in [2.24, 2.45) is 5.73 Å². The molecule has 2 atom stereocenters.